The molecule has 0 saturated heterocycles. The van der Waals surface area contributed by atoms with Gasteiger partial charge in [-0.05, 0) is 31.2 Å². The summed E-state index contributed by atoms with van der Waals surface area (Å²) in [5.41, 5.74) is 7.61. The SMILES string of the molecule is CCOCCN(CC)Cc1ccc(Cl)c(N)c1. The predicted octanol–water partition coefficient (Wildman–Crippen LogP) is 2.78. The lowest BCUT2D eigenvalue weighted by molar-refractivity contribution is 0.113. The van der Waals surface area contributed by atoms with Gasteiger partial charge in [-0.25, -0.2) is 0 Å². The second-order valence-corrected chi connectivity index (χ2v) is 4.33. The molecular weight excluding hydrogens is 236 g/mol. The first-order chi connectivity index (χ1) is 8.17. The van der Waals surface area contributed by atoms with Gasteiger partial charge in [0.05, 0.1) is 17.3 Å². The Morgan fingerprint density at radius 1 is 1.35 bits per heavy atom. The van der Waals surface area contributed by atoms with Crippen LogP contribution in [0.15, 0.2) is 18.2 Å². The minimum absolute atomic E-state index is 0.617. The van der Waals surface area contributed by atoms with Crippen molar-refractivity contribution in [1.29, 1.82) is 0 Å². The number of benzene rings is 1. The van der Waals surface area contributed by atoms with Crippen molar-refractivity contribution in [3.8, 4) is 0 Å². The molecule has 0 radical (unpaired) electrons. The highest BCUT2D eigenvalue weighted by atomic mass is 35.5. The number of hydrogen-bond acceptors (Lipinski definition) is 3. The van der Waals surface area contributed by atoms with E-state index in [1.165, 1.54) is 5.56 Å². The van der Waals surface area contributed by atoms with Crippen molar-refractivity contribution >= 4 is 17.3 Å². The molecule has 1 aromatic carbocycles. The number of halogens is 1. The van der Waals surface area contributed by atoms with Crippen LogP contribution in [-0.2, 0) is 11.3 Å². The minimum Gasteiger partial charge on any atom is -0.398 e. The summed E-state index contributed by atoms with van der Waals surface area (Å²) >= 11 is 5.89. The normalized spacial score (nSPS) is 11.1. The largest absolute Gasteiger partial charge is 0.398 e. The maximum Gasteiger partial charge on any atom is 0.0635 e. The number of likely N-dealkylation sites (N-methyl/N-ethyl adjacent to an activating group) is 1. The highest BCUT2D eigenvalue weighted by molar-refractivity contribution is 6.33. The first kappa shape index (κ1) is 14.3. The van der Waals surface area contributed by atoms with Crippen molar-refractivity contribution in [2.75, 3.05) is 32.0 Å². The van der Waals surface area contributed by atoms with Gasteiger partial charge in [-0.3, -0.25) is 4.90 Å². The van der Waals surface area contributed by atoms with Crippen LogP contribution in [0.5, 0.6) is 0 Å². The van der Waals surface area contributed by atoms with Crippen molar-refractivity contribution in [2.24, 2.45) is 0 Å². The van der Waals surface area contributed by atoms with Gasteiger partial charge in [-0.2, -0.15) is 0 Å². The van der Waals surface area contributed by atoms with Crippen molar-refractivity contribution in [2.45, 2.75) is 20.4 Å². The fourth-order valence-electron chi connectivity index (χ4n) is 1.64. The topological polar surface area (TPSA) is 38.5 Å². The molecule has 1 aromatic rings. The molecule has 3 nitrogen and oxygen atoms in total. The summed E-state index contributed by atoms with van der Waals surface area (Å²) in [6, 6.07) is 5.80. The van der Waals surface area contributed by atoms with Gasteiger partial charge in [-0.15, -0.1) is 0 Å². The van der Waals surface area contributed by atoms with Crippen LogP contribution in [0.1, 0.15) is 19.4 Å². The van der Waals surface area contributed by atoms with Crippen molar-refractivity contribution in [3.05, 3.63) is 28.8 Å². The Hall–Kier alpha value is -0.770. The van der Waals surface area contributed by atoms with E-state index in [2.05, 4.69) is 11.8 Å². The van der Waals surface area contributed by atoms with Crippen LogP contribution in [0.25, 0.3) is 0 Å². The zero-order valence-electron chi connectivity index (χ0n) is 10.6. The molecule has 0 aliphatic rings. The van der Waals surface area contributed by atoms with Crippen molar-refractivity contribution in [1.82, 2.24) is 4.90 Å². The van der Waals surface area contributed by atoms with E-state index in [9.17, 15) is 0 Å². The van der Waals surface area contributed by atoms with E-state index >= 15 is 0 Å². The van der Waals surface area contributed by atoms with Gasteiger partial charge < -0.3 is 10.5 Å². The molecule has 4 heteroatoms. The minimum atomic E-state index is 0.617. The number of ether oxygens (including phenoxy) is 1. The Morgan fingerprint density at radius 3 is 2.71 bits per heavy atom. The van der Waals surface area contributed by atoms with E-state index in [0.717, 1.165) is 32.8 Å². The van der Waals surface area contributed by atoms with Gasteiger partial charge in [0.15, 0.2) is 0 Å². The second kappa shape index (κ2) is 7.54. The molecule has 0 aliphatic carbocycles. The Balaban J connectivity index is 2.51. The van der Waals surface area contributed by atoms with E-state index < -0.39 is 0 Å². The molecular formula is C13H21ClN2O. The molecule has 0 atom stereocenters. The van der Waals surface area contributed by atoms with Crippen LogP contribution in [0, 0.1) is 0 Å². The van der Waals surface area contributed by atoms with E-state index in [1.807, 2.05) is 25.1 Å². The Kier molecular flexibility index (Phi) is 6.34. The molecule has 0 aliphatic heterocycles. The highest BCUT2D eigenvalue weighted by Gasteiger charge is 2.05. The van der Waals surface area contributed by atoms with Crippen LogP contribution in [0.3, 0.4) is 0 Å². The molecule has 0 heterocycles. The van der Waals surface area contributed by atoms with Crippen LogP contribution in [0.4, 0.5) is 5.69 Å². The molecule has 96 valence electrons. The smallest absolute Gasteiger partial charge is 0.0635 e. The summed E-state index contributed by atoms with van der Waals surface area (Å²) in [5.74, 6) is 0. The number of hydrogen-bond donors (Lipinski definition) is 1. The zero-order chi connectivity index (χ0) is 12.7. The molecule has 0 bridgehead atoms. The lowest BCUT2D eigenvalue weighted by Crippen LogP contribution is -2.27. The van der Waals surface area contributed by atoms with Gasteiger partial charge in [0.2, 0.25) is 0 Å². The number of rotatable bonds is 7. The lowest BCUT2D eigenvalue weighted by atomic mass is 10.2. The van der Waals surface area contributed by atoms with E-state index in [0.29, 0.717) is 10.7 Å². The molecule has 0 unspecified atom stereocenters. The van der Waals surface area contributed by atoms with E-state index in [-0.39, 0.29) is 0 Å². The molecule has 0 amide bonds. The van der Waals surface area contributed by atoms with Gasteiger partial charge >= 0.3 is 0 Å². The molecule has 0 aromatic heterocycles. The molecule has 1 rings (SSSR count). The first-order valence-electron chi connectivity index (χ1n) is 6.01. The average molecular weight is 257 g/mol. The maximum atomic E-state index is 5.89. The predicted molar refractivity (Wildman–Crippen MR) is 73.3 cm³/mol. The summed E-state index contributed by atoms with van der Waals surface area (Å²) in [4.78, 5) is 2.32. The van der Waals surface area contributed by atoms with Crippen molar-refractivity contribution in [3.63, 3.8) is 0 Å². The summed E-state index contributed by atoms with van der Waals surface area (Å²) in [5, 5.41) is 0.617. The lowest BCUT2D eigenvalue weighted by Gasteiger charge is -2.20. The third-order valence-electron chi connectivity index (χ3n) is 2.67. The van der Waals surface area contributed by atoms with E-state index in [1.54, 1.807) is 0 Å². The Bertz CT molecular complexity index is 344. The summed E-state index contributed by atoms with van der Waals surface area (Å²) in [6.07, 6.45) is 0. The second-order valence-electron chi connectivity index (χ2n) is 3.92. The summed E-state index contributed by atoms with van der Waals surface area (Å²) in [6.45, 7) is 8.51. The van der Waals surface area contributed by atoms with Crippen LogP contribution in [-0.4, -0.2) is 31.2 Å². The summed E-state index contributed by atoms with van der Waals surface area (Å²) in [7, 11) is 0. The maximum absolute atomic E-state index is 5.89. The Labute approximate surface area is 109 Å². The van der Waals surface area contributed by atoms with Gasteiger partial charge in [0, 0.05) is 19.7 Å². The highest BCUT2D eigenvalue weighted by Crippen LogP contribution is 2.20. The number of anilines is 1. The van der Waals surface area contributed by atoms with Crippen LogP contribution in [0.2, 0.25) is 5.02 Å². The fraction of sp³-hybridized carbons (Fsp3) is 0.538. The monoisotopic (exact) mass is 256 g/mol. The molecule has 0 spiro atoms. The molecule has 2 N–H and O–H groups in total. The zero-order valence-corrected chi connectivity index (χ0v) is 11.3. The fourth-order valence-corrected chi connectivity index (χ4v) is 1.75. The van der Waals surface area contributed by atoms with Crippen LogP contribution >= 0.6 is 11.6 Å². The average Bonchev–Trinajstić information content (AvgIpc) is 2.32. The third kappa shape index (κ3) is 4.94. The quantitative estimate of drug-likeness (QED) is 0.602. The van der Waals surface area contributed by atoms with E-state index in [4.69, 9.17) is 22.1 Å². The molecule has 0 saturated carbocycles. The summed E-state index contributed by atoms with van der Waals surface area (Å²) < 4.78 is 5.36. The number of nitrogens with two attached hydrogens (primary N) is 1. The Morgan fingerprint density at radius 2 is 2.12 bits per heavy atom. The number of nitrogens with zero attached hydrogens (tertiary/aromatic N) is 1. The van der Waals surface area contributed by atoms with Crippen molar-refractivity contribution < 1.29 is 4.74 Å². The number of nitrogen functional groups attached to an aromatic ring is 1. The molecule has 17 heavy (non-hydrogen) atoms. The van der Waals surface area contributed by atoms with Gasteiger partial charge in [-0.1, -0.05) is 24.6 Å². The van der Waals surface area contributed by atoms with Gasteiger partial charge in [0.25, 0.3) is 0 Å². The third-order valence-corrected chi connectivity index (χ3v) is 3.01. The first-order valence-corrected chi connectivity index (χ1v) is 6.39. The van der Waals surface area contributed by atoms with Gasteiger partial charge in [0.1, 0.15) is 0 Å². The van der Waals surface area contributed by atoms with Crippen LogP contribution < -0.4 is 5.73 Å². The standard InChI is InChI=1S/C13H21ClN2O/c1-3-16(7-8-17-4-2)10-11-5-6-12(14)13(15)9-11/h5-6,9H,3-4,7-8,10,15H2,1-2H3. The molecule has 0 fully saturated rings.